The van der Waals surface area contributed by atoms with Gasteiger partial charge in [-0.05, 0) is 54.3 Å². The molecule has 0 atom stereocenters. The Morgan fingerprint density at radius 2 is 2.07 bits per heavy atom. The Labute approximate surface area is 176 Å². The smallest absolute Gasteiger partial charge is 0.289 e. The maximum Gasteiger partial charge on any atom is 0.289 e. The highest BCUT2D eigenvalue weighted by Gasteiger charge is 2.18. The van der Waals surface area contributed by atoms with Crippen LogP contribution in [-0.4, -0.2) is 27.6 Å². The van der Waals surface area contributed by atoms with Gasteiger partial charge in [0.25, 0.3) is 5.91 Å². The van der Waals surface area contributed by atoms with Crippen LogP contribution in [0.15, 0.2) is 40.9 Å². The first-order valence-electron chi connectivity index (χ1n) is 9.50. The Hall–Kier alpha value is -2.73. The number of carbonyl (C=O) groups excluding carboxylic acids is 1. The standard InChI is InChI=1S/C22H26ClN3O3/c1-14(2)18-11-19(23)15(3)10-21(18)28-13-17-6-7-20(29-17)22(27)25(4)12-16-8-9-24-26(16)5/h6-11,14H,12-13H2,1-5H3. The number of carbonyl (C=O) groups is 1. The van der Waals surface area contributed by atoms with Crippen molar-refractivity contribution < 1.29 is 13.9 Å². The summed E-state index contributed by atoms with van der Waals surface area (Å²) < 4.78 is 13.5. The molecule has 3 aromatic rings. The number of benzene rings is 1. The molecule has 0 radical (unpaired) electrons. The zero-order valence-corrected chi connectivity index (χ0v) is 18.2. The van der Waals surface area contributed by atoms with Gasteiger partial charge in [-0.25, -0.2) is 0 Å². The van der Waals surface area contributed by atoms with Crippen molar-refractivity contribution in [2.75, 3.05) is 7.05 Å². The molecule has 1 aromatic carbocycles. The van der Waals surface area contributed by atoms with Gasteiger partial charge in [-0.2, -0.15) is 5.10 Å². The van der Waals surface area contributed by atoms with Crippen molar-refractivity contribution in [3.63, 3.8) is 0 Å². The van der Waals surface area contributed by atoms with Gasteiger partial charge in [0.05, 0.1) is 12.2 Å². The van der Waals surface area contributed by atoms with Gasteiger partial charge in [0.1, 0.15) is 18.1 Å². The van der Waals surface area contributed by atoms with Crippen LogP contribution in [-0.2, 0) is 20.2 Å². The summed E-state index contributed by atoms with van der Waals surface area (Å²) in [6.07, 6.45) is 1.71. The molecule has 0 aliphatic heterocycles. The predicted molar refractivity (Wildman–Crippen MR) is 112 cm³/mol. The van der Waals surface area contributed by atoms with Crippen LogP contribution in [0.25, 0.3) is 0 Å². The van der Waals surface area contributed by atoms with Crippen LogP contribution in [0.1, 0.15) is 52.9 Å². The Morgan fingerprint density at radius 3 is 2.72 bits per heavy atom. The molecule has 2 aromatic heterocycles. The van der Waals surface area contributed by atoms with Gasteiger partial charge in [0.2, 0.25) is 0 Å². The second kappa shape index (κ2) is 8.74. The summed E-state index contributed by atoms with van der Waals surface area (Å²) in [6.45, 7) is 6.81. The van der Waals surface area contributed by atoms with Crippen LogP contribution in [0.5, 0.6) is 5.75 Å². The summed E-state index contributed by atoms with van der Waals surface area (Å²) in [5.41, 5.74) is 2.94. The Morgan fingerprint density at radius 1 is 1.31 bits per heavy atom. The third-order valence-electron chi connectivity index (χ3n) is 4.82. The van der Waals surface area contributed by atoms with E-state index in [1.807, 2.05) is 32.2 Å². The second-order valence-electron chi connectivity index (χ2n) is 7.46. The minimum Gasteiger partial charge on any atom is -0.485 e. The lowest BCUT2D eigenvalue weighted by atomic mass is 10.0. The number of aryl methyl sites for hydroxylation is 2. The number of halogens is 1. The first-order valence-corrected chi connectivity index (χ1v) is 9.88. The molecule has 6 nitrogen and oxygen atoms in total. The van der Waals surface area contributed by atoms with Crippen molar-refractivity contribution >= 4 is 17.5 Å². The fourth-order valence-electron chi connectivity index (χ4n) is 3.03. The highest BCUT2D eigenvalue weighted by molar-refractivity contribution is 6.31. The third-order valence-corrected chi connectivity index (χ3v) is 5.23. The zero-order chi connectivity index (χ0) is 21.1. The Kier molecular flexibility index (Phi) is 6.33. The minimum absolute atomic E-state index is 0.192. The SMILES string of the molecule is Cc1cc(OCc2ccc(C(=O)N(C)Cc3ccnn3C)o2)c(C(C)C)cc1Cl. The topological polar surface area (TPSA) is 60.5 Å². The molecule has 0 bridgehead atoms. The van der Waals surface area contributed by atoms with E-state index in [9.17, 15) is 4.79 Å². The molecular formula is C22H26ClN3O3. The molecule has 7 heteroatoms. The lowest BCUT2D eigenvalue weighted by molar-refractivity contribution is 0.0746. The molecule has 0 aliphatic carbocycles. The summed E-state index contributed by atoms with van der Waals surface area (Å²) in [5, 5.41) is 4.85. The van der Waals surface area contributed by atoms with Gasteiger partial charge in [-0.15, -0.1) is 0 Å². The van der Waals surface area contributed by atoms with E-state index in [1.165, 1.54) is 0 Å². The molecule has 0 aliphatic rings. The molecule has 0 spiro atoms. The summed E-state index contributed by atoms with van der Waals surface area (Å²) in [6, 6.07) is 9.21. The van der Waals surface area contributed by atoms with E-state index in [-0.39, 0.29) is 24.2 Å². The van der Waals surface area contributed by atoms with Gasteiger partial charge >= 0.3 is 0 Å². The first-order chi connectivity index (χ1) is 13.8. The molecule has 1 amide bonds. The number of amides is 1. The van der Waals surface area contributed by atoms with Gasteiger partial charge in [0, 0.05) is 25.3 Å². The van der Waals surface area contributed by atoms with E-state index in [4.69, 9.17) is 20.8 Å². The van der Waals surface area contributed by atoms with E-state index < -0.39 is 0 Å². The summed E-state index contributed by atoms with van der Waals surface area (Å²) >= 11 is 6.25. The van der Waals surface area contributed by atoms with Gasteiger partial charge in [-0.3, -0.25) is 9.48 Å². The molecule has 2 heterocycles. The summed E-state index contributed by atoms with van der Waals surface area (Å²) in [7, 11) is 3.58. The molecular weight excluding hydrogens is 390 g/mol. The van der Waals surface area contributed by atoms with Crippen molar-refractivity contribution in [3.05, 3.63) is 69.9 Å². The maximum atomic E-state index is 12.6. The van der Waals surface area contributed by atoms with Gasteiger partial charge < -0.3 is 14.1 Å². The minimum atomic E-state index is -0.192. The van der Waals surface area contributed by atoms with E-state index in [1.54, 1.807) is 35.0 Å². The Bertz CT molecular complexity index is 1010. The average molecular weight is 416 g/mol. The number of furan rings is 1. The van der Waals surface area contributed by atoms with Gasteiger partial charge in [0.15, 0.2) is 5.76 Å². The van der Waals surface area contributed by atoms with E-state index >= 15 is 0 Å². The van der Waals surface area contributed by atoms with Crippen molar-refractivity contribution in [1.82, 2.24) is 14.7 Å². The molecule has 0 fully saturated rings. The van der Waals surface area contributed by atoms with Gasteiger partial charge in [-0.1, -0.05) is 25.4 Å². The van der Waals surface area contributed by atoms with E-state index in [0.717, 1.165) is 27.6 Å². The normalized spacial score (nSPS) is 11.1. The van der Waals surface area contributed by atoms with E-state index in [2.05, 4.69) is 18.9 Å². The molecule has 0 saturated carbocycles. The monoisotopic (exact) mass is 415 g/mol. The first kappa shape index (κ1) is 21.0. The van der Waals surface area contributed by atoms with Crippen molar-refractivity contribution in [2.24, 2.45) is 7.05 Å². The summed E-state index contributed by atoms with van der Waals surface area (Å²) in [4.78, 5) is 14.2. The number of nitrogens with zero attached hydrogens (tertiary/aromatic N) is 3. The predicted octanol–water partition coefficient (Wildman–Crippen LogP) is 4.95. The van der Waals surface area contributed by atoms with Crippen LogP contribution in [0.2, 0.25) is 5.02 Å². The van der Waals surface area contributed by atoms with E-state index in [0.29, 0.717) is 12.3 Å². The second-order valence-corrected chi connectivity index (χ2v) is 7.86. The van der Waals surface area contributed by atoms with Crippen LogP contribution >= 0.6 is 11.6 Å². The fourth-order valence-corrected chi connectivity index (χ4v) is 3.20. The summed E-state index contributed by atoms with van der Waals surface area (Å²) in [5.74, 6) is 1.73. The highest BCUT2D eigenvalue weighted by atomic mass is 35.5. The van der Waals surface area contributed by atoms with Crippen LogP contribution in [0, 0.1) is 6.92 Å². The molecule has 0 N–H and O–H groups in total. The molecule has 0 unspecified atom stereocenters. The third kappa shape index (κ3) is 4.82. The van der Waals surface area contributed by atoms with Crippen LogP contribution in [0.4, 0.5) is 0 Å². The number of ether oxygens (including phenoxy) is 1. The van der Waals surface area contributed by atoms with Crippen molar-refractivity contribution in [1.29, 1.82) is 0 Å². The molecule has 3 rings (SSSR count). The number of hydrogen-bond acceptors (Lipinski definition) is 4. The fraction of sp³-hybridized carbons (Fsp3) is 0.364. The lowest BCUT2D eigenvalue weighted by Crippen LogP contribution is -2.26. The highest BCUT2D eigenvalue weighted by Crippen LogP contribution is 2.32. The number of hydrogen-bond donors (Lipinski definition) is 0. The maximum absolute atomic E-state index is 12.6. The number of rotatable bonds is 7. The molecule has 0 saturated heterocycles. The lowest BCUT2D eigenvalue weighted by Gasteiger charge is -2.16. The number of aromatic nitrogens is 2. The van der Waals surface area contributed by atoms with Crippen LogP contribution < -0.4 is 4.74 Å². The van der Waals surface area contributed by atoms with Crippen molar-refractivity contribution in [2.45, 2.75) is 39.8 Å². The molecule has 29 heavy (non-hydrogen) atoms. The largest absolute Gasteiger partial charge is 0.485 e. The quantitative estimate of drug-likeness (QED) is 0.547. The Balaban J connectivity index is 1.67. The van der Waals surface area contributed by atoms with Crippen molar-refractivity contribution in [3.8, 4) is 5.75 Å². The average Bonchev–Trinajstić information content (AvgIpc) is 3.31. The zero-order valence-electron chi connectivity index (χ0n) is 17.4. The van der Waals surface area contributed by atoms with Crippen LogP contribution in [0.3, 0.4) is 0 Å². The molecule has 154 valence electrons.